The Balaban J connectivity index is 2.15. The van der Waals surface area contributed by atoms with Crippen LogP contribution in [-0.4, -0.2) is 23.0 Å². The summed E-state index contributed by atoms with van der Waals surface area (Å²) in [7, 11) is 1.67. The van der Waals surface area contributed by atoms with Crippen LogP contribution in [0, 0.1) is 18.8 Å². The number of rotatable bonds is 4. The van der Waals surface area contributed by atoms with Gasteiger partial charge in [0.05, 0.1) is 13.7 Å². The van der Waals surface area contributed by atoms with E-state index in [-0.39, 0.29) is 0 Å². The molecule has 0 aliphatic rings. The minimum atomic E-state index is 0.361. The van der Waals surface area contributed by atoms with E-state index in [1.54, 1.807) is 18.9 Å². The average molecular weight is 305 g/mol. The third kappa shape index (κ3) is 3.97. The fraction of sp³-hybridized carbons (Fsp3) is 0.286. The molecule has 1 aromatic carbocycles. The molecule has 2 N–H and O–H groups in total. The van der Waals surface area contributed by atoms with Gasteiger partial charge in [-0.25, -0.2) is 4.98 Å². The second-order valence-corrected chi connectivity index (χ2v) is 5.90. The van der Waals surface area contributed by atoms with Crippen molar-refractivity contribution in [3.8, 4) is 17.6 Å². The van der Waals surface area contributed by atoms with Crippen molar-refractivity contribution >= 4 is 23.3 Å². The lowest BCUT2D eigenvalue weighted by Crippen LogP contribution is -1.94. The molecule has 2 aromatic rings. The number of hydrogen-bond acceptors (Lipinski definition) is 6. The highest BCUT2D eigenvalue weighted by Gasteiger charge is 2.07. The van der Waals surface area contributed by atoms with Crippen molar-refractivity contribution in [3.63, 3.8) is 0 Å². The van der Waals surface area contributed by atoms with Crippen molar-refractivity contribution in [1.29, 1.82) is 0 Å². The summed E-state index contributed by atoms with van der Waals surface area (Å²) in [6.07, 6.45) is 0. The first-order valence-corrected chi connectivity index (χ1v) is 7.78. The maximum atomic E-state index is 5.39. The number of methoxy groups -OCH3 is 1. The van der Waals surface area contributed by atoms with E-state index in [0.717, 1.165) is 32.8 Å². The Hall–Kier alpha value is -1.55. The number of aromatic nitrogens is 2. The number of ether oxygens (including phenoxy) is 1. The summed E-state index contributed by atoms with van der Waals surface area (Å²) in [4.78, 5) is 4.34. The van der Waals surface area contributed by atoms with Crippen LogP contribution in [0.2, 0.25) is 0 Å². The van der Waals surface area contributed by atoms with Gasteiger partial charge in [0.1, 0.15) is 11.6 Å². The number of nitrogens with zero attached hydrogens (tertiary/aromatic N) is 2. The average Bonchev–Trinajstić information content (AvgIpc) is 2.88. The molecule has 104 valence electrons. The lowest BCUT2D eigenvalue weighted by atomic mass is 10.1. The summed E-state index contributed by atoms with van der Waals surface area (Å²) in [5.74, 6) is 8.33. The fourth-order valence-corrected chi connectivity index (χ4v) is 3.22. The molecule has 4 nitrogen and oxygen atoms in total. The molecule has 20 heavy (non-hydrogen) atoms. The molecule has 2 rings (SSSR count). The Morgan fingerprint density at radius 2 is 2.30 bits per heavy atom. The Morgan fingerprint density at radius 3 is 2.95 bits per heavy atom. The largest absolute Gasteiger partial charge is 0.496 e. The van der Waals surface area contributed by atoms with E-state index in [0.29, 0.717) is 6.54 Å². The summed E-state index contributed by atoms with van der Waals surface area (Å²) in [5.41, 5.74) is 7.43. The van der Waals surface area contributed by atoms with Crippen LogP contribution >= 0.6 is 23.3 Å². The number of thioether (sulfide) groups is 1. The number of nitrogens with two attached hydrogens (primary N) is 1. The highest BCUT2D eigenvalue weighted by Crippen LogP contribution is 2.29. The van der Waals surface area contributed by atoms with Crippen molar-refractivity contribution in [2.75, 3.05) is 13.7 Å². The predicted molar refractivity (Wildman–Crippen MR) is 83.1 cm³/mol. The van der Waals surface area contributed by atoms with Crippen LogP contribution < -0.4 is 10.5 Å². The first-order valence-electron chi connectivity index (χ1n) is 6.02. The molecule has 0 radical (unpaired) electrons. The molecule has 0 saturated heterocycles. The summed E-state index contributed by atoms with van der Waals surface area (Å²) in [6.45, 7) is 2.25. The summed E-state index contributed by atoms with van der Waals surface area (Å²) in [6, 6.07) is 5.90. The second-order valence-electron chi connectivity index (χ2n) is 3.93. The minimum absolute atomic E-state index is 0.361. The predicted octanol–water partition coefficient (Wildman–Crippen LogP) is 2.46. The topological polar surface area (TPSA) is 61.0 Å². The third-order valence-corrected chi connectivity index (χ3v) is 4.45. The molecule has 0 aliphatic carbocycles. The van der Waals surface area contributed by atoms with E-state index < -0.39 is 0 Å². The Kier molecular flexibility index (Phi) is 5.41. The van der Waals surface area contributed by atoms with Gasteiger partial charge in [-0.3, -0.25) is 0 Å². The number of benzene rings is 1. The van der Waals surface area contributed by atoms with Crippen LogP contribution in [-0.2, 0) is 5.75 Å². The zero-order valence-electron chi connectivity index (χ0n) is 11.3. The van der Waals surface area contributed by atoms with E-state index in [1.807, 2.05) is 25.1 Å². The summed E-state index contributed by atoms with van der Waals surface area (Å²) < 4.78 is 10.5. The van der Waals surface area contributed by atoms with Crippen molar-refractivity contribution in [2.45, 2.75) is 17.0 Å². The first-order chi connectivity index (χ1) is 9.72. The Labute approximate surface area is 126 Å². The van der Waals surface area contributed by atoms with E-state index in [2.05, 4.69) is 21.2 Å². The summed E-state index contributed by atoms with van der Waals surface area (Å²) >= 11 is 3.07. The standard InChI is InChI=1S/C14H15N3OS2/c1-10-16-14(20-17-10)19-9-12-8-11(4-3-7-15)5-6-13(12)18-2/h5-6,8H,7,9,15H2,1-2H3. The maximum absolute atomic E-state index is 5.39. The molecule has 6 heteroatoms. The van der Waals surface area contributed by atoms with E-state index in [1.165, 1.54) is 11.5 Å². The lowest BCUT2D eigenvalue weighted by Gasteiger charge is -2.07. The normalized spacial score (nSPS) is 9.95. The molecule has 0 bridgehead atoms. The quantitative estimate of drug-likeness (QED) is 0.694. The molecule has 0 unspecified atom stereocenters. The Morgan fingerprint density at radius 1 is 1.45 bits per heavy atom. The monoisotopic (exact) mass is 305 g/mol. The SMILES string of the molecule is COc1ccc(C#CCN)cc1CSc1nc(C)ns1. The molecule has 0 aliphatic heterocycles. The molecular weight excluding hydrogens is 290 g/mol. The van der Waals surface area contributed by atoms with Crippen LogP contribution in [0.15, 0.2) is 22.5 Å². The van der Waals surface area contributed by atoms with Crippen LogP contribution in [0.1, 0.15) is 17.0 Å². The van der Waals surface area contributed by atoms with Crippen LogP contribution in [0.25, 0.3) is 0 Å². The van der Waals surface area contributed by atoms with Gasteiger partial charge in [-0.05, 0) is 36.7 Å². The molecule has 0 fully saturated rings. The van der Waals surface area contributed by atoms with Gasteiger partial charge in [0.15, 0.2) is 4.34 Å². The van der Waals surface area contributed by atoms with Crippen LogP contribution in [0.5, 0.6) is 5.75 Å². The molecule has 0 spiro atoms. The fourth-order valence-electron chi connectivity index (χ4n) is 1.60. The Bertz CT molecular complexity index is 643. The molecule has 1 aromatic heterocycles. The van der Waals surface area contributed by atoms with Gasteiger partial charge in [0.2, 0.25) is 0 Å². The first kappa shape index (κ1) is 14.9. The molecule has 0 atom stereocenters. The van der Waals surface area contributed by atoms with Gasteiger partial charge in [0, 0.05) is 16.9 Å². The van der Waals surface area contributed by atoms with Crippen LogP contribution in [0.3, 0.4) is 0 Å². The van der Waals surface area contributed by atoms with Crippen molar-refractivity contribution in [2.24, 2.45) is 5.73 Å². The zero-order chi connectivity index (χ0) is 14.4. The van der Waals surface area contributed by atoms with Gasteiger partial charge in [0.25, 0.3) is 0 Å². The van der Waals surface area contributed by atoms with E-state index in [9.17, 15) is 0 Å². The summed E-state index contributed by atoms with van der Waals surface area (Å²) in [5, 5.41) is 0. The highest BCUT2D eigenvalue weighted by molar-refractivity contribution is 8.00. The lowest BCUT2D eigenvalue weighted by molar-refractivity contribution is 0.411. The molecule has 0 amide bonds. The minimum Gasteiger partial charge on any atom is -0.496 e. The van der Waals surface area contributed by atoms with E-state index in [4.69, 9.17) is 10.5 Å². The van der Waals surface area contributed by atoms with Crippen molar-refractivity contribution < 1.29 is 4.74 Å². The smallest absolute Gasteiger partial charge is 0.170 e. The van der Waals surface area contributed by atoms with Gasteiger partial charge in [-0.2, -0.15) is 4.37 Å². The van der Waals surface area contributed by atoms with Gasteiger partial charge < -0.3 is 10.5 Å². The zero-order valence-corrected chi connectivity index (χ0v) is 13.0. The maximum Gasteiger partial charge on any atom is 0.170 e. The molecular formula is C14H15N3OS2. The molecule has 0 saturated carbocycles. The second kappa shape index (κ2) is 7.29. The van der Waals surface area contributed by atoms with E-state index >= 15 is 0 Å². The van der Waals surface area contributed by atoms with Gasteiger partial charge >= 0.3 is 0 Å². The molecule has 1 heterocycles. The number of aryl methyl sites for hydroxylation is 1. The van der Waals surface area contributed by atoms with Gasteiger partial charge in [-0.15, -0.1) is 0 Å². The van der Waals surface area contributed by atoms with Gasteiger partial charge in [-0.1, -0.05) is 23.6 Å². The van der Waals surface area contributed by atoms with Crippen molar-refractivity contribution in [1.82, 2.24) is 9.36 Å². The third-order valence-electron chi connectivity index (χ3n) is 2.48. The highest BCUT2D eigenvalue weighted by atomic mass is 32.2. The number of hydrogen-bond donors (Lipinski definition) is 1. The van der Waals surface area contributed by atoms with Crippen LogP contribution in [0.4, 0.5) is 0 Å². The van der Waals surface area contributed by atoms with Crippen molar-refractivity contribution in [3.05, 3.63) is 35.2 Å².